The van der Waals surface area contributed by atoms with Gasteiger partial charge in [-0.25, -0.2) is 13.7 Å². The smallest absolute Gasteiger partial charge is 0.358 e. The van der Waals surface area contributed by atoms with E-state index in [2.05, 4.69) is 0 Å². The Hall–Kier alpha value is -4.38. The number of nitrogen functional groups attached to an aromatic ring is 2. The highest BCUT2D eigenvalue weighted by atomic mass is 19.3. The Balaban J connectivity index is 1.48. The third kappa shape index (κ3) is 3.90. The highest BCUT2D eigenvalue weighted by molar-refractivity contribution is 5.54. The zero-order chi connectivity index (χ0) is 30.8. The summed E-state index contributed by atoms with van der Waals surface area (Å²) >= 11 is 0. The lowest BCUT2D eigenvalue weighted by molar-refractivity contribution is -0.379. The van der Waals surface area contributed by atoms with E-state index in [1.54, 1.807) is 48.5 Å². The molecule has 224 valence electrons. The number of piperidine rings is 1. The van der Waals surface area contributed by atoms with Gasteiger partial charge in [0.2, 0.25) is 5.79 Å². The van der Waals surface area contributed by atoms with Crippen LogP contribution in [0.5, 0.6) is 23.0 Å². The van der Waals surface area contributed by atoms with Crippen LogP contribution >= 0.6 is 0 Å². The minimum atomic E-state index is -5.26. The van der Waals surface area contributed by atoms with E-state index in [1.807, 2.05) is 0 Å². The number of likely N-dealkylation sites (N-methyl/N-ethyl adjacent to an activating group) is 1. The van der Waals surface area contributed by atoms with Crippen LogP contribution in [0.2, 0.25) is 0 Å². The first kappa shape index (κ1) is 28.7. The first-order valence-electron chi connectivity index (χ1n) is 13.4. The van der Waals surface area contributed by atoms with E-state index in [0.29, 0.717) is 22.9 Å². The number of anilines is 2. The molecule has 0 aliphatic carbocycles. The SMILES string of the molecule is CN1[C@]2(F)CC[C@@]1(F)C(F)(F)C(F)(F)C2(c1ccc(Oc2ccc(N)cc2)cc1)c1ccc(Oc2ccc(N)cc2)cc1. The normalized spacial score (nSPS) is 25.3. The molecule has 6 rings (SSSR count). The van der Waals surface area contributed by atoms with Crippen LogP contribution in [0, 0.1) is 0 Å². The lowest BCUT2D eigenvalue weighted by atomic mass is 9.59. The first-order valence-corrected chi connectivity index (χ1v) is 13.4. The highest BCUT2D eigenvalue weighted by Gasteiger charge is 2.92. The fraction of sp³-hybridized carbons (Fsp3) is 0.250. The molecule has 2 aliphatic heterocycles. The van der Waals surface area contributed by atoms with E-state index in [0.717, 1.165) is 31.3 Å². The molecule has 0 radical (unpaired) electrons. The molecule has 2 fully saturated rings. The van der Waals surface area contributed by atoms with Crippen LogP contribution in [0.25, 0.3) is 0 Å². The Morgan fingerprint density at radius 3 is 1.21 bits per heavy atom. The van der Waals surface area contributed by atoms with Crippen molar-refractivity contribution in [1.29, 1.82) is 0 Å². The molecule has 0 unspecified atom stereocenters. The van der Waals surface area contributed by atoms with Crippen LogP contribution in [0.15, 0.2) is 97.1 Å². The second kappa shape index (κ2) is 9.57. The molecule has 5 nitrogen and oxygen atoms in total. The van der Waals surface area contributed by atoms with Gasteiger partial charge in [-0.05, 0) is 91.0 Å². The van der Waals surface area contributed by atoms with Crippen molar-refractivity contribution in [3.63, 3.8) is 0 Å². The van der Waals surface area contributed by atoms with Crippen molar-refractivity contribution in [2.24, 2.45) is 0 Å². The van der Waals surface area contributed by atoms with E-state index in [1.165, 1.54) is 24.3 Å². The predicted molar refractivity (Wildman–Crippen MR) is 150 cm³/mol. The number of nitrogens with two attached hydrogens (primary N) is 2. The fourth-order valence-electron chi connectivity index (χ4n) is 6.33. The monoisotopic (exact) mass is 599 g/mol. The number of nitrogens with zero attached hydrogens (tertiary/aromatic N) is 1. The number of hydrogen-bond acceptors (Lipinski definition) is 5. The van der Waals surface area contributed by atoms with Gasteiger partial charge in [0.25, 0.3) is 0 Å². The number of rotatable bonds is 6. The molecule has 2 aliphatic rings. The molecule has 2 heterocycles. The van der Waals surface area contributed by atoms with Gasteiger partial charge in [0.15, 0.2) is 5.79 Å². The average molecular weight is 600 g/mol. The molecule has 0 aromatic heterocycles. The minimum Gasteiger partial charge on any atom is -0.457 e. The average Bonchev–Trinajstić information content (AvgIpc) is 3.21. The maximum Gasteiger partial charge on any atom is 0.358 e. The summed E-state index contributed by atoms with van der Waals surface area (Å²) in [4.78, 5) is 0.134. The van der Waals surface area contributed by atoms with Crippen molar-refractivity contribution >= 4 is 11.4 Å². The van der Waals surface area contributed by atoms with E-state index in [-0.39, 0.29) is 16.4 Å². The number of fused-ring (bicyclic) bond motifs is 2. The molecule has 0 spiro atoms. The van der Waals surface area contributed by atoms with Crippen molar-refractivity contribution in [3.05, 3.63) is 108 Å². The fourth-order valence-corrected chi connectivity index (χ4v) is 6.33. The minimum absolute atomic E-state index is 0.134. The molecule has 0 amide bonds. The quantitative estimate of drug-likeness (QED) is 0.133. The molecule has 11 heteroatoms. The Morgan fingerprint density at radius 1 is 0.512 bits per heavy atom. The molecule has 4 N–H and O–H groups in total. The third-order valence-corrected chi connectivity index (χ3v) is 8.58. The van der Waals surface area contributed by atoms with Gasteiger partial charge in [-0.2, -0.15) is 17.6 Å². The summed E-state index contributed by atoms with van der Waals surface area (Å²) in [6.45, 7) is 0. The summed E-state index contributed by atoms with van der Waals surface area (Å²) in [5, 5.41) is 0. The van der Waals surface area contributed by atoms with Crippen LogP contribution in [-0.4, -0.2) is 35.4 Å². The van der Waals surface area contributed by atoms with Gasteiger partial charge in [0.05, 0.1) is 0 Å². The molecular formula is C32H27F6N3O2. The largest absolute Gasteiger partial charge is 0.457 e. The summed E-state index contributed by atoms with van der Waals surface area (Å²) in [5.41, 5.74) is 8.08. The van der Waals surface area contributed by atoms with E-state index in [9.17, 15) is 0 Å². The van der Waals surface area contributed by atoms with Gasteiger partial charge in [-0.1, -0.05) is 24.3 Å². The number of ether oxygens (including phenoxy) is 2. The van der Waals surface area contributed by atoms with Gasteiger partial charge < -0.3 is 20.9 Å². The first-order chi connectivity index (χ1) is 20.3. The molecule has 4 aromatic carbocycles. The van der Waals surface area contributed by atoms with Gasteiger partial charge in [0, 0.05) is 24.2 Å². The van der Waals surface area contributed by atoms with Crippen LogP contribution in [0.3, 0.4) is 0 Å². The summed E-state index contributed by atoms with van der Waals surface area (Å²) in [7, 11) is 0.780. The molecule has 0 saturated carbocycles. The topological polar surface area (TPSA) is 73.7 Å². The second-order valence-electron chi connectivity index (χ2n) is 10.9. The third-order valence-electron chi connectivity index (χ3n) is 8.58. The van der Waals surface area contributed by atoms with Crippen molar-refractivity contribution in [2.45, 2.75) is 41.7 Å². The van der Waals surface area contributed by atoms with Crippen LogP contribution in [-0.2, 0) is 5.41 Å². The Labute approximate surface area is 243 Å². The molecule has 2 atom stereocenters. The lowest BCUT2D eigenvalue weighted by Gasteiger charge is -2.59. The Kier molecular flexibility index (Phi) is 6.39. The Morgan fingerprint density at radius 2 is 0.837 bits per heavy atom. The second-order valence-corrected chi connectivity index (χ2v) is 10.9. The molecule has 2 saturated heterocycles. The number of halogens is 6. The number of hydrogen-bond donors (Lipinski definition) is 2. The zero-order valence-corrected chi connectivity index (χ0v) is 22.8. The predicted octanol–water partition coefficient (Wildman–Crippen LogP) is 8.06. The highest BCUT2D eigenvalue weighted by Crippen LogP contribution is 2.72. The molecular weight excluding hydrogens is 572 g/mol. The number of alkyl halides is 6. The maximum atomic E-state index is 17.3. The molecule has 4 aromatic rings. The van der Waals surface area contributed by atoms with Gasteiger partial charge in [-0.3, -0.25) is 0 Å². The van der Waals surface area contributed by atoms with Gasteiger partial charge >= 0.3 is 11.8 Å². The van der Waals surface area contributed by atoms with E-state index in [4.69, 9.17) is 20.9 Å². The lowest BCUT2D eigenvalue weighted by Crippen LogP contribution is -2.80. The zero-order valence-electron chi connectivity index (χ0n) is 22.8. The van der Waals surface area contributed by atoms with Crippen LogP contribution in [0.4, 0.5) is 37.7 Å². The van der Waals surface area contributed by atoms with Gasteiger partial charge in [-0.15, -0.1) is 0 Å². The van der Waals surface area contributed by atoms with Gasteiger partial charge in [0.1, 0.15) is 28.4 Å². The molecule has 2 bridgehead atoms. The number of benzene rings is 4. The van der Waals surface area contributed by atoms with Crippen molar-refractivity contribution in [2.75, 3.05) is 18.5 Å². The van der Waals surface area contributed by atoms with E-state index >= 15 is 26.3 Å². The van der Waals surface area contributed by atoms with Crippen LogP contribution < -0.4 is 20.9 Å². The summed E-state index contributed by atoms with van der Waals surface area (Å²) in [5.74, 6) is -16.5. The summed E-state index contributed by atoms with van der Waals surface area (Å²) in [6, 6.07) is 22.2. The summed E-state index contributed by atoms with van der Waals surface area (Å²) < 4.78 is 109. The standard InChI is InChI=1S/C32H27F6N3O2/c1-41-28(33)18-19-29(41,34)31(35,36)32(37,38)30(28,20-2-10-24(11-3-20)42-26-14-6-22(39)7-15-26)21-4-12-25(13-5-21)43-27-16-8-23(40)9-17-27/h2-17H,18-19,39-40H2,1H3/t28-,29+/m1/s1. The Bertz CT molecular complexity index is 1540. The van der Waals surface area contributed by atoms with Crippen LogP contribution in [0.1, 0.15) is 24.0 Å². The maximum absolute atomic E-state index is 17.3. The van der Waals surface area contributed by atoms with E-state index < -0.39 is 52.8 Å². The van der Waals surface area contributed by atoms with Crippen molar-refractivity contribution in [1.82, 2.24) is 4.90 Å². The van der Waals surface area contributed by atoms with Crippen molar-refractivity contribution < 1.29 is 35.8 Å². The van der Waals surface area contributed by atoms with Crippen molar-refractivity contribution in [3.8, 4) is 23.0 Å². The summed E-state index contributed by atoms with van der Waals surface area (Å²) in [6.07, 6.45) is -2.03. The molecule has 43 heavy (non-hydrogen) atoms.